The lowest BCUT2D eigenvalue weighted by atomic mass is 10.2. The Labute approximate surface area is 136 Å². The van der Waals surface area contributed by atoms with Gasteiger partial charge in [0, 0.05) is 18.4 Å². The predicted octanol–water partition coefficient (Wildman–Crippen LogP) is 2.62. The smallest absolute Gasteiger partial charge is 0.249 e. The summed E-state index contributed by atoms with van der Waals surface area (Å²) < 4.78 is 10.8. The fourth-order valence-electron chi connectivity index (χ4n) is 2.00. The minimum Gasteiger partial charge on any atom is -0.497 e. The van der Waals surface area contributed by atoms with E-state index >= 15 is 0 Å². The first-order valence-electron chi connectivity index (χ1n) is 7.52. The third-order valence-corrected chi connectivity index (χ3v) is 3.44. The van der Waals surface area contributed by atoms with Gasteiger partial charge < -0.3 is 14.8 Å². The Balaban J connectivity index is 1.79. The van der Waals surface area contributed by atoms with Gasteiger partial charge in [0.05, 0.1) is 13.7 Å². The van der Waals surface area contributed by atoms with Gasteiger partial charge in [0.15, 0.2) is 0 Å². The van der Waals surface area contributed by atoms with E-state index in [1.54, 1.807) is 20.2 Å². The second-order valence-corrected chi connectivity index (χ2v) is 5.33. The monoisotopic (exact) mass is 314 g/mol. The number of rotatable bonds is 7. The van der Waals surface area contributed by atoms with Gasteiger partial charge >= 0.3 is 0 Å². The maximum atomic E-state index is 12.0. The fourth-order valence-corrected chi connectivity index (χ4v) is 2.00. The second-order valence-electron chi connectivity index (χ2n) is 5.33. The molecule has 122 valence electrons. The van der Waals surface area contributed by atoms with Gasteiger partial charge in [0.25, 0.3) is 0 Å². The Hall–Kier alpha value is -2.40. The van der Waals surface area contributed by atoms with E-state index in [0.29, 0.717) is 13.2 Å². The van der Waals surface area contributed by atoms with Crippen LogP contribution in [-0.4, -0.2) is 24.1 Å². The van der Waals surface area contributed by atoms with Gasteiger partial charge in [-0.05, 0) is 43.2 Å². The third kappa shape index (κ3) is 5.38. The topological polar surface area (TPSA) is 60.5 Å². The number of aryl methyl sites for hydroxylation is 1. The van der Waals surface area contributed by atoms with Crippen molar-refractivity contribution in [2.45, 2.75) is 33.1 Å². The molecule has 0 fully saturated rings. The van der Waals surface area contributed by atoms with Crippen molar-refractivity contribution in [1.82, 2.24) is 10.3 Å². The van der Waals surface area contributed by atoms with Crippen molar-refractivity contribution in [2.24, 2.45) is 0 Å². The summed E-state index contributed by atoms with van der Waals surface area (Å²) in [6, 6.07) is 11.5. The van der Waals surface area contributed by atoms with Gasteiger partial charge in [-0.3, -0.25) is 9.78 Å². The number of benzene rings is 1. The Morgan fingerprint density at radius 1 is 1.26 bits per heavy atom. The Kier molecular flexibility index (Phi) is 6.11. The van der Waals surface area contributed by atoms with E-state index in [0.717, 1.165) is 22.6 Å². The number of pyridine rings is 1. The second kappa shape index (κ2) is 8.29. The van der Waals surface area contributed by atoms with Crippen LogP contribution >= 0.6 is 0 Å². The molecule has 1 heterocycles. The molecule has 0 saturated carbocycles. The van der Waals surface area contributed by atoms with Crippen LogP contribution in [0.2, 0.25) is 0 Å². The molecule has 0 bridgehead atoms. The first-order chi connectivity index (χ1) is 11.1. The van der Waals surface area contributed by atoms with Crippen molar-refractivity contribution >= 4 is 5.91 Å². The maximum absolute atomic E-state index is 12.0. The zero-order valence-corrected chi connectivity index (χ0v) is 13.7. The molecule has 0 radical (unpaired) electrons. The highest BCUT2D eigenvalue weighted by Gasteiger charge is 2.13. The van der Waals surface area contributed by atoms with Gasteiger partial charge in [-0.25, -0.2) is 0 Å². The molecule has 1 amide bonds. The van der Waals surface area contributed by atoms with E-state index in [2.05, 4.69) is 10.3 Å². The number of ether oxygens (including phenoxy) is 2. The molecule has 0 aliphatic carbocycles. The summed E-state index contributed by atoms with van der Waals surface area (Å²) in [6.45, 7) is 4.47. The van der Waals surface area contributed by atoms with Crippen molar-refractivity contribution in [3.8, 4) is 5.75 Å². The van der Waals surface area contributed by atoms with Crippen LogP contribution in [0.1, 0.15) is 23.7 Å². The lowest BCUT2D eigenvalue weighted by Gasteiger charge is -2.14. The number of nitrogens with zero attached hydrogens (tertiary/aromatic N) is 1. The van der Waals surface area contributed by atoms with E-state index in [1.165, 1.54) is 0 Å². The zero-order valence-electron chi connectivity index (χ0n) is 13.7. The number of hydrogen-bond donors (Lipinski definition) is 1. The highest BCUT2D eigenvalue weighted by Crippen LogP contribution is 2.13. The molecule has 1 aromatic carbocycles. The summed E-state index contributed by atoms with van der Waals surface area (Å²) in [5.41, 5.74) is 2.88. The average Bonchev–Trinajstić information content (AvgIpc) is 2.59. The lowest BCUT2D eigenvalue weighted by molar-refractivity contribution is -0.132. The quantitative estimate of drug-likeness (QED) is 0.853. The predicted molar refractivity (Wildman–Crippen MR) is 88.1 cm³/mol. The average molecular weight is 314 g/mol. The normalized spacial score (nSPS) is 11.8. The fraction of sp³-hybridized carbons (Fsp3) is 0.333. The number of carbonyl (C=O) groups is 1. The molecule has 0 aliphatic heterocycles. The van der Waals surface area contributed by atoms with Crippen LogP contribution in [0, 0.1) is 6.92 Å². The third-order valence-electron chi connectivity index (χ3n) is 3.44. The molecule has 2 rings (SSSR count). The summed E-state index contributed by atoms with van der Waals surface area (Å²) in [5, 5.41) is 2.85. The summed E-state index contributed by atoms with van der Waals surface area (Å²) >= 11 is 0. The van der Waals surface area contributed by atoms with Gasteiger partial charge in [-0.15, -0.1) is 0 Å². The van der Waals surface area contributed by atoms with E-state index in [-0.39, 0.29) is 5.91 Å². The molecule has 0 unspecified atom stereocenters. The van der Waals surface area contributed by atoms with Crippen molar-refractivity contribution in [3.63, 3.8) is 0 Å². The molecule has 1 atom stereocenters. The molecule has 5 heteroatoms. The van der Waals surface area contributed by atoms with E-state index in [9.17, 15) is 4.79 Å². The first kappa shape index (κ1) is 17.0. The van der Waals surface area contributed by atoms with Crippen LogP contribution in [0.15, 0.2) is 42.6 Å². The van der Waals surface area contributed by atoms with Gasteiger partial charge in [-0.2, -0.15) is 0 Å². The number of carbonyl (C=O) groups excluding carboxylic acids is 1. The SMILES string of the molecule is COc1cccc(CO[C@H](C)C(=O)NCc2ccc(C)nc2)c1. The summed E-state index contributed by atoms with van der Waals surface area (Å²) in [7, 11) is 1.62. The van der Waals surface area contributed by atoms with Crippen LogP contribution in [-0.2, 0) is 22.7 Å². The molecule has 0 aliphatic rings. The van der Waals surface area contributed by atoms with Crippen molar-refractivity contribution in [1.29, 1.82) is 0 Å². The van der Waals surface area contributed by atoms with E-state index in [4.69, 9.17) is 9.47 Å². The minimum absolute atomic E-state index is 0.145. The summed E-state index contributed by atoms with van der Waals surface area (Å²) in [5.74, 6) is 0.628. The Morgan fingerprint density at radius 3 is 2.78 bits per heavy atom. The highest BCUT2D eigenvalue weighted by atomic mass is 16.5. The molecule has 0 saturated heterocycles. The molecular formula is C18H22N2O3. The van der Waals surface area contributed by atoms with Gasteiger partial charge in [-0.1, -0.05) is 18.2 Å². The van der Waals surface area contributed by atoms with Crippen molar-refractivity contribution in [3.05, 3.63) is 59.4 Å². The van der Waals surface area contributed by atoms with Crippen molar-refractivity contribution < 1.29 is 14.3 Å². The number of hydrogen-bond acceptors (Lipinski definition) is 4. The Bertz CT molecular complexity index is 641. The Morgan fingerprint density at radius 2 is 2.09 bits per heavy atom. The zero-order chi connectivity index (χ0) is 16.7. The number of aromatic nitrogens is 1. The molecular weight excluding hydrogens is 292 g/mol. The summed E-state index contributed by atoms with van der Waals surface area (Å²) in [6.07, 6.45) is 1.23. The van der Waals surface area contributed by atoms with Crippen LogP contribution < -0.4 is 10.1 Å². The van der Waals surface area contributed by atoms with Gasteiger partial charge in [0.2, 0.25) is 5.91 Å². The molecule has 23 heavy (non-hydrogen) atoms. The van der Waals surface area contributed by atoms with Crippen LogP contribution in [0.4, 0.5) is 0 Å². The van der Waals surface area contributed by atoms with E-state index in [1.807, 2.05) is 43.3 Å². The maximum Gasteiger partial charge on any atom is 0.249 e. The van der Waals surface area contributed by atoms with Crippen LogP contribution in [0.5, 0.6) is 5.75 Å². The lowest BCUT2D eigenvalue weighted by Crippen LogP contribution is -2.34. The van der Waals surface area contributed by atoms with Crippen LogP contribution in [0.3, 0.4) is 0 Å². The largest absolute Gasteiger partial charge is 0.497 e. The molecule has 2 aromatic rings. The standard InChI is InChI=1S/C18H22N2O3/c1-13-7-8-16(10-19-13)11-20-18(21)14(2)23-12-15-5-4-6-17(9-15)22-3/h4-10,14H,11-12H2,1-3H3,(H,20,21)/t14-/m1/s1. The van der Waals surface area contributed by atoms with Crippen LogP contribution in [0.25, 0.3) is 0 Å². The highest BCUT2D eigenvalue weighted by molar-refractivity contribution is 5.80. The molecule has 0 spiro atoms. The minimum atomic E-state index is -0.528. The van der Waals surface area contributed by atoms with Gasteiger partial charge in [0.1, 0.15) is 11.9 Å². The molecule has 1 N–H and O–H groups in total. The summed E-state index contributed by atoms with van der Waals surface area (Å²) in [4.78, 5) is 16.2. The molecule has 5 nitrogen and oxygen atoms in total. The number of methoxy groups -OCH3 is 1. The number of amides is 1. The van der Waals surface area contributed by atoms with E-state index < -0.39 is 6.10 Å². The van der Waals surface area contributed by atoms with Crippen molar-refractivity contribution in [2.75, 3.05) is 7.11 Å². The number of nitrogens with one attached hydrogen (secondary N) is 1. The molecule has 1 aromatic heterocycles. The first-order valence-corrected chi connectivity index (χ1v) is 7.52.